The Kier molecular flexibility index (Phi) is 11.2. The van der Waals surface area contributed by atoms with Crippen LogP contribution in [0.25, 0.3) is 11.3 Å². The van der Waals surface area contributed by atoms with Crippen LogP contribution >= 0.6 is 11.8 Å². The van der Waals surface area contributed by atoms with Gasteiger partial charge in [0.05, 0.1) is 30.2 Å². The van der Waals surface area contributed by atoms with Crippen LogP contribution in [-0.4, -0.2) is 106 Å². The highest BCUT2D eigenvalue weighted by Gasteiger charge is 2.35. The number of pyridine rings is 1. The van der Waals surface area contributed by atoms with Crippen molar-refractivity contribution in [3.8, 4) is 11.3 Å². The SMILES string of the molecule is CS(=O)(=O)N1CCc2c(c(-c3ccc(C(F)(F)F)c(SCCN4CCCCC4)c3)nn2CC(O)CN2CCC(c3ccccn3)CC2)C1. The second-order valence-electron chi connectivity index (χ2n) is 13.2. The van der Waals surface area contributed by atoms with Crippen LogP contribution in [0.5, 0.6) is 0 Å². The van der Waals surface area contributed by atoms with Gasteiger partial charge in [-0.1, -0.05) is 18.6 Å². The first kappa shape index (κ1) is 35.3. The first-order valence-electron chi connectivity index (χ1n) is 16.9. The number of aromatic nitrogens is 3. The molecular weight excluding hydrogens is 662 g/mol. The number of aliphatic hydroxyl groups excluding tert-OH is 1. The van der Waals surface area contributed by atoms with E-state index in [2.05, 4.69) is 20.9 Å². The molecule has 2 fully saturated rings. The molecule has 14 heteroatoms. The molecule has 3 aliphatic rings. The first-order chi connectivity index (χ1) is 23.0. The Balaban J connectivity index is 1.21. The van der Waals surface area contributed by atoms with E-state index in [1.165, 1.54) is 28.6 Å². The smallest absolute Gasteiger partial charge is 0.390 e. The molecule has 1 aromatic carbocycles. The summed E-state index contributed by atoms with van der Waals surface area (Å²) in [5.74, 6) is 0.932. The lowest BCUT2D eigenvalue weighted by Crippen LogP contribution is -2.40. The maximum absolute atomic E-state index is 14.1. The molecule has 2 aromatic heterocycles. The molecule has 1 unspecified atom stereocenters. The van der Waals surface area contributed by atoms with Crippen LogP contribution in [-0.2, 0) is 35.7 Å². The van der Waals surface area contributed by atoms with Crippen molar-refractivity contribution < 1.29 is 26.7 Å². The van der Waals surface area contributed by atoms with Crippen LogP contribution in [0.1, 0.15) is 60.5 Å². The number of sulfonamides is 1. The molecule has 1 atom stereocenters. The molecule has 0 saturated carbocycles. The lowest BCUT2D eigenvalue weighted by molar-refractivity contribution is -0.139. The summed E-state index contributed by atoms with van der Waals surface area (Å²) in [5.41, 5.74) is 2.90. The zero-order valence-electron chi connectivity index (χ0n) is 27.4. The molecule has 48 heavy (non-hydrogen) atoms. The Bertz CT molecular complexity index is 1640. The average molecular weight is 707 g/mol. The molecule has 3 aliphatic heterocycles. The molecule has 0 spiro atoms. The van der Waals surface area contributed by atoms with Crippen molar-refractivity contribution >= 4 is 21.8 Å². The van der Waals surface area contributed by atoms with Gasteiger partial charge in [0.15, 0.2) is 0 Å². The molecule has 0 amide bonds. The molecular formula is C34H45F3N6O3S2. The van der Waals surface area contributed by atoms with Crippen molar-refractivity contribution in [1.29, 1.82) is 0 Å². The van der Waals surface area contributed by atoms with Gasteiger partial charge in [0.1, 0.15) is 0 Å². The van der Waals surface area contributed by atoms with Gasteiger partial charge >= 0.3 is 6.18 Å². The monoisotopic (exact) mass is 706 g/mol. The number of aliphatic hydroxyl groups is 1. The van der Waals surface area contributed by atoms with E-state index in [1.807, 2.05) is 18.3 Å². The van der Waals surface area contributed by atoms with E-state index in [0.29, 0.717) is 41.5 Å². The molecule has 0 aliphatic carbocycles. The van der Waals surface area contributed by atoms with E-state index in [0.717, 1.165) is 82.1 Å². The summed E-state index contributed by atoms with van der Waals surface area (Å²) in [4.78, 5) is 9.20. The number of hydrogen-bond donors (Lipinski definition) is 1. The molecule has 262 valence electrons. The van der Waals surface area contributed by atoms with Crippen LogP contribution in [0.15, 0.2) is 47.5 Å². The van der Waals surface area contributed by atoms with Gasteiger partial charge in [-0.15, -0.1) is 11.8 Å². The van der Waals surface area contributed by atoms with Crippen LogP contribution < -0.4 is 0 Å². The Morgan fingerprint density at radius 3 is 2.46 bits per heavy atom. The van der Waals surface area contributed by atoms with Gasteiger partial charge in [-0.25, -0.2) is 8.42 Å². The molecule has 9 nitrogen and oxygen atoms in total. The van der Waals surface area contributed by atoms with Gasteiger partial charge in [-0.05, 0) is 76.1 Å². The van der Waals surface area contributed by atoms with Gasteiger partial charge in [0, 0.05) is 77.9 Å². The van der Waals surface area contributed by atoms with E-state index in [-0.39, 0.29) is 24.5 Å². The summed E-state index contributed by atoms with van der Waals surface area (Å²) in [7, 11) is -3.50. The number of fused-ring (bicyclic) bond motifs is 1. The highest BCUT2D eigenvalue weighted by atomic mass is 32.2. The standard InChI is InChI=1S/C34H45F3N6O3S2/c1-48(45,46)42-18-12-31-28(24-42)33(26-8-9-29(34(35,36)37)32(21-26)47-20-19-40-14-5-2-6-15-40)39-43(31)23-27(44)22-41-16-10-25(11-17-41)30-7-3-4-13-38-30/h3-4,7-9,13,21,25,27,44H,2,5-6,10-12,14-20,22-24H2,1H3. The second-order valence-corrected chi connectivity index (χ2v) is 16.4. The molecule has 0 radical (unpaired) electrons. The van der Waals surface area contributed by atoms with E-state index in [4.69, 9.17) is 5.10 Å². The molecule has 6 rings (SSSR count). The van der Waals surface area contributed by atoms with Crippen molar-refractivity contribution in [3.05, 3.63) is 65.1 Å². The summed E-state index contributed by atoms with van der Waals surface area (Å²) in [5, 5.41) is 16.1. The maximum atomic E-state index is 14.1. The lowest BCUT2D eigenvalue weighted by atomic mass is 9.93. The van der Waals surface area contributed by atoms with Crippen LogP contribution in [0.3, 0.4) is 0 Å². The Morgan fingerprint density at radius 1 is 1.00 bits per heavy atom. The summed E-state index contributed by atoms with van der Waals surface area (Å²) in [6.07, 6.45) is 3.49. The third kappa shape index (κ3) is 8.62. The minimum absolute atomic E-state index is 0.0824. The zero-order valence-corrected chi connectivity index (χ0v) is 29.0. The van der Waals surface area contributed by atoms with E-state index < -0.39 is 27.9 Å². The van der Waals surface area contributed by atoms with Crippen molar-refractivity contribution in [3.63, 3.8) is 0 Å². The van der Waals surface area contributed by atoms with Gasteiger partial charge in [0.25, 0.3) is 0 Å². The molecule has 5 heterocycles. The van der Waals surface area contributed by atoms with E-state index >= 15 is 0 Å². The van der Waals surface area contributed by atoms with E-state index in [1.54, 1.807) is 10.7 Å². The number of hydrogen-bond acceptors (Lipinski definition) is 8. The summed E-state index contributed by atoms with van der Waals surface area (Å²) in [6.45, 7) is 5.38. The predicted octanol–water partition coefficient (Wildman–Crippen LogP) is 5.10. The predicted molar refractivity (Wildman–Crippen MR) is 181 cm³/mol. The molecule has 0 bridgehead atoms. The van der Waals surface area contributed by atoms with Crippen LogP contribution in [0.4, 0.5) is 13.2 Å². The Morgan fingerprint density at radius 2 is 1.77 bits per heavy atom. The van der Waals surface area contributed by atoms with Gasteiger partial charge in [-0.2, -0.15) is 22.6 Å². The normalized spacial score (nSPS) is 19.8. The van der Waals surface area contributed by atoms with Crippen molar-refractivity contribution in [2.45, 2.75) is 74.7 Å². The zero-order chi connectivity index (χ0) is 33.9. The van der Waals surface area contributed by atoms with Crippen LogP contribution in [0.2, 0.25) is 0 Å². The number of piperidine rings is 2. The lowest BCUT2D eigenvalue weighted by Gasteiger charge is -2.33. The molecule has 3 aromatic rings. The van der Waals surface area contributed by atoms with Crippen LogP contribution in [0, 0.1) is 0 Å². The van der Waals surface area contributed by atoms with Crippen molar-refractivity contribution in [2.75, 3.05) is 57.8 Å². The highest BCUT2D eigenvalue weighted by Crippen LogP contribution is 2.40. The summed E-state index contributed by atoms with van der Waals surface area (Å²) < 4.78 is 70.6. The number of likely N-dealkylation sites (tertiary alicyclic amines) is 2. The first-order valence-corrected chi connectivity index (χ1v) is 19.7. The van der Waals surface area contributed by atoms with Crippen molar-refractivity contribution in [2.24, 2.45) is 0 Å². The fourth-order valence-corrected chi connectivity index (χ4v) is 9.11. The van der Waals surface area contributed by atoms with Gasteiger partial charge in [0.2, 0.25) is 10.0 Å². The van der Waals surface area contributed by atoms with E-state index in [9.17, 15) is 26.7 Å². The molecule has 1 N–H and O–H groups in total. The number of nitrogens with zero attached hydrogens (tertiary/aromatic N) is 6. The summed E-state index contributed by atoms with van der Waals surface area (Å²) >= 11 is 1.20. The van der Waals surface area contributed by atoms with Gasteiger partial charge in [-0.3, -0.25) is 9.67 Å². The third-order valence-corrected chi connectivity index (χ3v) is 12.1. The average Bonchev–Trinajstić information content (AvgIpc) is 3.42. The molecule has 2 saturated heterocycles. The number of halogens is 3. The fourth-order valence-electron chi connectivity index (χ4n) is 7.21. The van der Waals surface area contributed by atoms with Gasteiger partial charge < -0.3 is 14.9 Å². The largest absolute Gasteiger partial charge is 0.417 e. The number of rotatable bonds is 11. The van der Waals surface area contributed by atoms with Crippen molar-refractivity contribution in [1.82, 2.24) is 28.9 Å². The number of benzene rings is 1. The second kappa shape index (κ2) is 15.2. The minimum Gasteiger partial charge on any atom is -0.390 e. The highest BCUT2D eigenvalue weighted by molar-refractivity contribution is 7.99. The number of β-amino-alcohol motifs (C(OH)–C–C–N with tert-alkyl or cyclic N) is 1. The Hall–Kier alpha value is -2.49. The maximum Gasteiger partial charge on any atom is 0.417 e. The number of thioether (sulfide) groups is 1. The third-order valence-electron chi connectivity index (χ3n) is 9.79. The Labute approximate surface area is 285 Å². The summed E-state index contributed by atoms with van der Waals surface area (Å²) in [6, 6.07) is 10.1. The fraction of sp³-hybridized carbons (Fsp3) is 0.588. The topological polar surface area (TPSA) is 94.8 Å². The minimum atomic E-state index is -4.51. The number of alkyl halides is 3. The quantitative estimate of drug-likeness (QED) is 0.276.